The third-order valence-corrected chi connectivity index (χ3v) is 4.46. The maximum atomic E-state index is 11.9. The van der Waals surface area contributed by atoms with Crippen molar-refractivity contribution >= 4 is 11.9 Å². The van der Waals surface area contributed by atoms with Crippen LogP contribution in [-0.4, -0.2) is 48.6 Å². The molecule has 102 valence electrons. The molecule has 0 radical (unpaired) electrons. The Morgan fingerprint density at radius 3 is 2.22 bits per heavy atom. The highest BCUT2D eigenvalue weighted by atomic mass is 16.4. The highest BCUT2D eigenvalue weighted by Crippen LogP contribution is 2.46. The van der Waals surface area contributed by atoms with E-state index in [1.54, 1.807) is 0 Å². The smallest absolute Gasteiger partial charge is 0.319 e. The van der Waals surface area contributed by atoms with E-state index < -0.39 is 11.4 Å². The maximum Gasteiger partial charge on any atom is 0.319 e. The predicted octanol–water partition coefficient (Wildman–Crippen LogP) is 0.699. The average molecular weight is 254 g/mol. The number of piperidine rings is 1. The van der Waals surface area contributed by atoms with Crippen LogP contribution in [0, 0.1) is 10.8 Å². The number of hydrogen-bond acceptors (Lipinski definition) is 3. The van der Waals surface area contributed by atoms with Crippen LogP contribution in [0.1, 0.15) is 32.6 Å². The second-order valence-corrected chi connectivity index (χ2v) is 6.18. The van der Waals surface area contributed by atoms with Crippen molar-refractivity contribution < 1.29 is 14.7 Å². The fraction of sp³-hybridized carbons (Fsp3) is 0.846. The zero-order chi connectivity index (χ0) is 13.4. The normalized spacial score (nSPS) is 25.4. The summed E-state index contributed by atoms with van der Waals surface area (Å²) in [6.45, 7) is 4.84. The van der Waals surface area contributed by atoms with E-state index in [2.05, 4.69) is 24.2 Å². The van der Waals surface area contributed by atoms with Crippen LogP contribution in [0.5, 0.6) is 0 Å². The SMILES string of the molecule is CN1CCC(C)(CNC(=O)C2(C(=O)O)CC2)CC1. The summed E-state index contributed by atoms with van der Waals surface area (Å²) >= 11 is 0. The van der Waals surface area contributed by atoms with Gasteiger partial charge in [0.1, 0.15) is 5.41 Å². The minimum Gasteiger partial charge on any atom is -0.480 e. The minimum absolute atomic E-state index is 0.108. The van der Waals surface area contributed by atoms with Gasteiger partial charge in [-0.1, -0.05) is 6.92 Å². The number of carboxylic acids is 1. The molecule has 1 heterocycles. The molecule has 1 amide bonds. The number of hydrogen-bond donors (Lipinski definition) is 2. The first-order valence-corrected chi connectivity index (χ1v) is 6.58. The molecule has 2 rings (SSSR count). The van der Waals surface area contributed by atoms with E-state index in [1.807, 2.05) is 0 Å². The number of amides is 1. The summed E-state index contributed by atoms with van der Waals surface area (Å²) in [5.41, 5.74) is -1.00. The van der Waals surface area contributed by atoms with Crippen LogP contribution >= 0.6 is 0 Å². The zero-order valence-corrected chi connectivity index (χ0v) is 11.2. The van der Waals surface area contributed by atoms with Crippen LogP contribution in [0.15, 0.2) is 0 Å². The number of nitrogens with one attached hydrogen (secondary N) is 1. The lowest BCUT2D eigenvalue weighted by Gasteiger charge is -2.38. The molecule has 0 aromatic heterocycles. The summed E-state index contributed by atoms with van der Waals surface area (Å²) in [5.74, 6) is -1.27. The van der Waals surface area contributed by atoms with Gasteiger partial charge in [-0.05, 0) is 51.2 Å². The number of rotatable bonds is 4. The lowest BCUT2D eigenvalue weighted by atomic mass is 9.80. The Morgan fingerprint density at radius 1 is 1.22 bits per heavy atom. The lowest BCUT2D eigenvalue weighted by molar-refractivity contribution is -0.149. The Kier molecular flexibility index (Phi) is 3.36. The summed E-state index contributed by atoms with van der Waals surface area (Å²) < 4.78 is 0. The third kappa shape index (κ3) is 2.51. The van der Waals surface area contributed by atoms with Crippen LogP contribution in [0.3, 0.4) is 0 Å². The van der Waals surface area contributed by atoms with Crippen molar-refractivity contribution in [2.45, 2.75) is 32.6 Å². The van der Waals surface area contributed by atoms with Crippen molar-refractivity contribution in [3.8, 4) is 0 Å². The molecule has 18 heavy (non-hydrogen) atoms. The first kappa shape index (κ1) is 13.3. The highest BCUT2D eigenvalue weighted by Gasteiger charge is 2.57. The Morgan fingerprint density at radius 2 is 1.78 bits per heavy atom. The minimum atomic E-state index is -1.11. The molecule has 1 aliphatic heterocycles. The molecule has 5 nitrogen and oxygen atoms in total. The van der Waals surface area contributed by atoms with Crippen molar-refractivity contribution in [3.05, 3.63) is 0 Å². The van der Waals surface area contributed by atoms with Crippen LogP contribution in [-0.2, 0) is 9.59 Å². The Labute approximate surface area is 108 Å². The fourth-order valence-electron chi connectivity index (χ4n) is 2.46. The second-order valence-electron chi connectivity index (χ2n) is 6.18. The van der Waals surface area contributed by atoms with Gasteiger partial charge >= 0.3 is 5.97 Å². The molecule has 2 fully saturated rings. The molecule has 0 atom stereocenters. The molecule has 2 N–H and O–H groups in total. The summed E-state index contributed by atoms with van der Waals surface area (Å²) in [5, 5.41) is 11.9. The van der Waals surface area contributed by atoms with E-state index in [0.29, 0.717) is 19.4 Å². The van der Waals surface area contributed by atoms with Gasteiger partial charge in [0.2, 0.25) is 5.91 Å². The molecule has 0 aromatic carbocycles. The Bertz CT molecular complexity index is 355. The lowest BCUT2D eigenvalue weighted by Crippen LogP contribution is -2.46. The topological polar surface area (TPSA) is 69.6 Å². The van der Waals surface area contributed by atoms with E-state index in [4.69, 9.17) is 5.11 Å². The predicted molar refractivity (Wildman–Crippen MR) is 67.2 cm³/mol. The number of carbonyl (C=O) groups excluding carboxylic acids is 1. The van der Waals surface area contributed by atoms with Crippen molar-refractivity contribution in [1.82, 2.24) is 10.2 Å². The van der Waals surface area contributed by atoms with E-state index in [0.717, 1.165) is 25.9 Å². The highest BCUT2D eigenvalue weighted by molar-refractivity contribution is 6.04. The van der Waals surface area contributed by atoms with Gasteiger partial charge in [-0.2, -0.15) is 0 Å². The second kappa shape index (κ2) is 4.53. The molecule has 1 saturated carbocycles. The quantitative estimate of drug-likeness (QED) is 0.725. The largest absolute Gasteiger partial charge is 0.480 e. The average Bonchev–Trinajstić information content (AvgIpc) is 3.12. The third-order valence-electron chi connectivity index (χ3n) is 4.46. The molecule has 0 aromatic rings. The first-order chi connectivity index (χ1) is 8.38. The molecule has 1 saturated heterocycles. The summed E-state index contributed by atoms with van der Waals surface area (Å²) in [4.78, 5) is 25.2. The standard InChI is InChI=1S/C13H22N2O3/c1-12(5-7-15(2)8-6-12)9-14-10(16)13(3-4-13)11(17)18/h3-9H2,1-2H3,(H,14,16)(H,17,18). The van der Waals surface area contributed by atoms with Crippen LogP contribution < -0.4 is 5.32 Å². The molecule has 5 heteroatoms. The summed E-state index contributed by atoms with van der Waals surface area (Å²) in [7, 11) is 2.10. The number of carbonyl (C=O) groups is 2. The molecular formula is C13H22N2O3. The molecule has 0 unspecified atom stereocenters. The van der Waals surface area contributed by atoms with Gasteiger partial charge in [0, 0.05) is 6.54 Å². The number of carboxylic acid groups (broad SMARTS) is 1. The fourth-order valence-corrected chi connectivity index (χ4v) is 2.46. The monoisotopic (exact) mass is 254 g/mol. The van der Waals surface area contributed by atoms with E-state index in [-0.39, 0.29) is 11.3 Å². The van der Waals surface area contributed by atoms with Gasteiger partial charge in [-0.3, -0.25) is 9.59 Å². The van der Waals surface area contributed by atoms with Gasteiger partial charge in [-0.15, -0.1) is 0 Å². The van der Waals surface area contributed by atoms with Crippen molar-refractivity contribution in [3.63, 3.8) is 0 Å². The summed E-state index contributed by atoms with van der Waals surface area (Å²) in [6.07, 6.45) is 3.05. The zero-order valence-electron chi connectivity index (χ0n) is 11.2. The molecular weight excluding hydrogens is 232 g/mol. The van der Waals surface area contributed by atoms with Crippen LogP contribution in [0.2, 0.25) is 0 Å². The Hall–Kier alpha value is -1.10. The first-order valence-electron chi connectivity index (χ1n) is 6.58. The van der Waals surface area contributed by atoms with Gasteiger partial charge in [-0.25, -0.2) is 0 Å². The van der Waals surface area contributed by atoms with Crippen molar-refractivity contribution in [2.75, 3.05) is 26.7 Å². The van der Waals surface area contributed by atoms with E-state index >= 15 is 0 Å². The number of aliphatic carboxylic acids is 1. The molecule has 1 aliphatic carbocycles. The van der Waals surface area contributed by atoms with E-state index in [1.165, 1.54) is 0 Å². The number of nitrogens with zero attached hydrogens (tertiary/aromatic N) is 1. The van der Waals surface area contributed by atoms with Crippen molar-refractivity contribution in [2.24, 2.45) is 10.8 Å². The van der Waals surface area contributed by atoms with Gasteiger partial charge in [0.15, 0.2) is 0 Å². The van der Waals surface area contributed by atoms with Gasteiger partial charge in [0.25, 0.3) is 0 Å². The Balaban J connectivity index is 1.85. The molecule has 0 spiro atoms. The van der Waals surface area contributed by atoms with Gasteiger partial charge in [0.05, 0.1) is 0 Å². The van der Waals surface area contributed by atoms with Crippen LogP contribution in [0.25, 0.3) is 0 Å². The number of likely N-dealkylation sites (tertiary alicyclic amines) is 1. The maximum absolute atomic E-state index is 11.9. The van der Waals surface area contributed by atoms with E-state index in [9.17, 15) is 9.59 Å². The molecule has 0 bridgehead atoms. The van der Waals surface area contributed by atoms with Crippen molar-refractivity contribution in [1.29, 1.82) is 0 Å². The van der Waals surface area contributed by atoms with Gasteiger partial charge < -0.3 is 15.3 Å². The summed E-state index contributed by atoms with van der Waals surface area (Å²) in [6, 6.07) is 0. The van der Waals surface area contributed by atoms with Crippen LogP contribution in [0.4, 0.5) is 0 Å². The molecule has 2 aliphatic rings.